The van der Waals surface area contributed by atoms with Crippen LogP contribution in [0.2, 0.25) is 0 Å². The molecule has 22 heavy (non-hydrogen) atoms. The Bertz CT molecular complexity index is 692. The number of aryl methyl sites for hydroxylation is 2. The van der Waals surface area contributed by atoms with Gasteiger partial charge in [-0.05, 0) is 61.6 Å². The monoisotopic (exact) mass is 298 g/mol. The topological polar surface area (TPSA) is 71.2 Å². The highest BCUT2D eigenvalue weighted by Gasteiger charge is 2.20. The fourth-order valence-corrected chi connectivity index (χ4v) is 2.63. The fraction of sp³-hybridized carbons (Fsp3) is 0.294. The number of ether oxygens (including phenoxy) is 1. The maximum absolute atomic E-state index is 12.1. The smallest absolute Gasteiger partial charge is 0.355 e. The van der Waals surface area contributed by atoms with E-state index in [1.165, 1.54) is 11.1 Å². The Morgan fingerprint density at radius 2 is 2.05 bits per heavy atom. The minimum atomic E-state index is -0.857. The Balaban J connectivity index is 1.60. The van der Waals surface area contributed by atoms with Gasteiger partial charge in [0.05, 0.1) is 0 Å². The molecule has 5 heteroatoms. The molecule has 114 valence electrons. The Labute approximate surface area is 128 Å². The van der Waals surface area contributed by atoms with Gasteiger partial charge in [-0.1, -0.05) is 6.07 Å². The molecule has 1 aromatic carbocycles. The molecule has 0 saturated carbocycles. The van der Waals surface area contributed by atoms with E-state index in [4.69, 9.17) is 4.74 Å². The van der Waals surface area contributed by atoms with E-state index in [0.29, 0.717) is 5.69 Å². The second-order valence-electron chi connectivity index (χ2n) is 5.46. The number of carbonyl (C=O) groups excluding carboxylic acids is 2. The van der Waals surface area contributed by atoms with Crippen molar-refractivity contribution in [2.45, 2.75) is 32.3 Å². The average Bonchev–Trinajstić information content (AvgIpc) is 3.18. The van der Waals surface area contributed by atoms with Gasteiger partial charge in [-0.15, -0.1) is 0 Å². The molecule has 0 spiro atoms. The third kappa shape index (κ3) is 3.03. The number of hydrogen-bond acceptors (Lipinski definition) is 3. The third-order valence-corrected chi connectivity index (χ3v) is 3.84. The van der Waals surface area contributed by atoms with Crippen molar-refractivity contribution in [3.05, 3.63) is 53.3 Å². The van der Waals surface area contributed by atoms with Crippen LogP contribution in [0.4, 0.5) is 5.69 Å². The summed E-state index contributed by atoms with van der Waals surface area (Å²) in [6.45, 7) is 1.56. The van der Waals surface area contributed by atoms with Crippen molar-refractivity contribution in [1.82, 2.24) is 4.98 Å². The van der Waals surface area contributed by atoms with Crippen molar-refractivity contribution in [3.63, 3.8) is 0 Å². The van der Waals surface area contributed by atoms with Gasteiger partial charge in [0.2, 0.25) is 0 Å². The van der Waals surface area contributed by atoms with E-state index >= 15 is 0 Å². The van der Waals surface area contributed by atoms with Crippen molar-refractivity contribution in [1.29, 1.82) is 0 Å². The van der Waals surface area contributed by atoms with E-state index in [9.17, 15) is 9.59 Å². The molecule has 0 unspecified atom stereocenters. The first kappa shape index (κ1) is 14.4. The molecule has 3 rings (SSSR count). The first-order valence-corrected chi connectivity index (χ1v) is 7.40. The second-order valence-corrected chi connectivity index (χ2v) is 5.46. The van der Waals surface area contributed by atoms with E-state index in [-0.39, 0.29) is 5.91 Å². The molecule has 2 aromatic rings. The summed E-state index contributed by atoms with van der Waals surface area (Å²) in [5.74, 6) is -0.876. The summed E-state index contributed by atoms with van der Waals surface area (Å²) in [7, 11) is 0. The van der Waals surface area contributed by atoms with Crippen molar-refractivity contribution >= 4 is 17.6 Å². The molecule has 0 saturated heterocycles. The predicted octanol–water partition coefficient (Wildman–Crippen LogP) is 2.69. The van der Waals surface area contributed by atoms with Crippen LogP contribution in [0.15, 0.2) is 36.5 Å². The number of fused-ring (bicyclic) bond motifs is 1. The first-order chi connectivity index (χ1) is 10.6. The van der Waals surface area contributed by atoms with Crippen LogP contribution >= 0.6 is 0 Å². The van der Waals surface area contributed by atoms with E-state index in [0.717, 1.165) is 24.9 Å². The normalized spacial score (nSPS) is 14.2. The number of H-pyrrole nitrogens is 1. The molecule has 2 N–H and O–H groups in total. The summed E-state index contributed by atoms with van der Waals surface area (Å²) in [5.41, 5.74) is 3.71. The van der Waals surface area contributed by atoms with Crippen LogP contribution < -0.4 is 5.32 Å². The van der Waals surface area contributed by atoms with Gasteiger partial charge >= 0.3 is 5.97 Å². The Morgan fingerprint density at radius 1 is 1.23 bits per heavy atom. The number of carbonyl (C=O) groups is 2. The highest BCUT2D eigenvalue weighted by molar-refractivity contribution is 5.96. The van der Waals surface area contributed by atoms with Gasteiger partial charge in [0.25, 0.3) is 5.91 Å². The maximum atomic E-state index is 12.1. The lowest BCUT2D eigenvalue weighted by Gasteiger charge is -2.13. The van der Waals surface area contributed by atoms with Gasteiger partial charge in [-0.3, -0.25) is 4.79 Å². The molecule has 1 aromatic heterocycles. The van der Waals surface area contributed by atoms with Crippen LogP contribution in [0, 0.1) is 0 Å². The zero-order valence-electron chi connectivity index (χ0n) is 12.4. The minimum Gasteiger partial charge on any atom is -0.448 e. The summed E-state index contributed by atoms with van der Waals surface area (Å²) in [4.78, 5) is 26.7. The van der Waals surface area contributed by atoms with Crippen molar-refractivity contribution < 1.29 is 14.3 Å². The van der Waals surface area contributed by atoms with E-state index < -0.39 is 12.1 Å². The molecule has 0 bridgehead atoms. The standard InChI is InChI=1S/C17H18N2O3/c1-11(22-17(21)15-6-3-9-18-15)16(20)19-14-8-7-12-4-2-5-13(12)10-14/h3,6-11,18H,2,4-5H2,1H3,(H,19,20)/t11-/m0/s1. The number of aromatic nitrogens is 1. The molecule has 0 aliphatic heterocycles. The maximum Gasteiger partial charge on any atom is 0.355 e. The molecule has 1 aliphatic carbocycles. The Morgan fingerprint density at radius 3 is 2.82 bits per heavy atom. The van der Waals surface area contributed by atoms with E-state index in [2.05, 4.69) is 10.3 Å². The van der Waals surface area contributed by atoms with Crippen LogP contribution in [0.1, 0.15) is 35.0 Å². The summed E-state index contributed by atoms with van der Waals surface area (Å²) in [5, 5.41) is 2.80. The Kier molecular flexibility index (Phi) is 3.96. The molecule has 0 fully saturated rings. The molecule has 1 aliphatic rings. The van der Waals surface area contributed by atoms with Gasteiger partial charge in [0.1, 0.15) is 5.69 Å². The number of hydrogen-bond donors (Lipinski definition) is 2. The molecular formula is C17H18N2O3. The lowest BCUT2D eigenvalue weighted by molar-refractivity contribution is -0.123. The lowest BCUT2D eigenvalue weighted by atomic mass is 10.1. The van der Waals surface area contributed by atoms with Crippen LogP contribution in [-0.2, 0) is 22.4 Å². The van der Waals surface area contributed by atoms with Gasteiger partial charge in [0, 0.05) is 11.9 Å². The zero-order chi connectivity index (χ0) is 15.5. The largest absolute Gasteiger partial charge is 0.448 e. The van der Waals surface area contributed by atoms with Gasteiger partial charge in [-0.25, -0.2) is 4.79 Å². The predicted molar refractivity (Wildman–Crippen MR) is 82.8 cm³/mol. The first-order valence-electron chi connectivity index (χ1n) is 7.40. The zero-order valence-corrected chi connectivity index (χ0v) is 12.4. The average molecular weight is 298 g/mol. The van der Waals surface area contributed by atoms with Gasteiger partial charge < -0.3 is 15.0 Å². The molecule has 1 atom stereocenters. The van der Waals surface area contributed by atoms with Crippen LogP contribution in [-0.4, -0.2) is 23.0 Å². The number of benzene rings is 1. The van der Waals surface area contributed by atoms with Crippen LogP contribution in [0.5, 0.6) is 0 Å². The molecule has 0 radical (unpaired) electrons. The summed E-state index contributed by atoms with van der Waals surface area (Å²) >= 11 is 0. The number of anilines is 1. The molecule has 1 amide bonds. The van der Waals surface area contributed by atoms with E-state index in [1.807, 2.05) is 18.2 Å². The molecular weight excluding hydrogens is 280 g/mol. The second kappa shape index (κ2) is 6.05. The SMILES string of the molecule is C[C@H](OC(=O)c1ccc[nH]1)C(=O)Nc1ccc2c(c1)CCC2. The Hall–Kier alpha value is -2.56. The fourth-order valence-electron chi connectivity index (χ4n) is 2.63. The van der Waals surface area contributed by atoms with Crippen molar-refractivity contribution in [3.8, 4) is 0 Å². The van der Waals surface area contributed by atoms with Gasteiger partial charge in [0.15, 0.2) is 6.10 Å². The number of aromatic amines is 1. The van der Waals surface area contributed by atoms with Crippen molar-refractivity contribution in [2.24, 2.45) is 0 Å². The quantitative estimate of drug-likeness (QED) is 0.853. The number of amides is 1. The van der Waals surface area contributed by atoms with Crippen LogP contribution in [0.25, 0.3) is 0 Å². The van der Waals surface area contributed by atoms with Crippen molar-refractivity contribution in [2.75, 3.05) is 5.32 Å². The highest BCUT2D eigenvalue weighted by Crippen LogP contribution is 2.25. The highest BCUT2D eigenvalue weighted by atomic mass is 16.5. The molecule has 5 nitrogen and oxygen atoms in total. The number of esters is 1. The summed E-state index contributed by atoms with van der Waals surface area (Å²) in [6.07, 6.45) is 4.09. The number of nitrogens with one attached hydrogen (secondary N) is 2. The van der Waals surface area contributed by atoms with Gasteiger partial charge in [-0.2, -0.15) is 0 Å². The third-order valence-electron chi connectivity index (χ3n) is 3.84. The summed E-state index contributed by atoms with van der Waals surface area (Å²) < 4.78 is 5.14. The lowest BCUT2D eigenvalue weighted by Crippen LogP contribution is -2.30. The molecule has 1 heterocycles. The van der Waals surface area contributed by atoms with E-state index in [1.54, 1.807) is 25.3 Å². The number of rotatable bonds is 4. The summed E-state index contributed by atoms with van der Waals surface area (Å²) in [6, 6.07) is 9.24. The minimum absolute atomic E-state index is 0.331. The van der Waals surface area contributed by atoms with Crippen LogP contribution in [0.3, 0.4) is 0 Å².